The Balaban J connectivity index is 2.12. The van der Waals surface area contributed by atoms with Gasteiger partial charge >= 0.3 is 0 Å². The lowest BCUT2D eigenvalue weighted by Gasteiger charge is -2.01. The van der Waals surface area contributed by atoms with Crippen molar-refractivity contribution < 1.29 is 4.79 Å². The van der Waals surface area contributed by atoms with Gasteiger partial charge in [0, 0.05) is 25.2 Å². The highest BCUT2D eigenvalue weighted by Crippen LogP contribution is 2.07. The number of rotatable bonds is 8. The van der Waals surface area contributed by atoms with Crippen LogP contribution in [0.1, 0.15) is 51.0 Å². The Morgan fingerprint density at radius 1 is 1.25 bits per heavy atom. The molecule has 1 aromatic rings. The minimum absolute atomic E-state index is 0.337. The average Bonchev–Trinajstić information content (AvgIpc) is 2.30. The van der Waals surface area contributed by atoms with E-state index >= 15 is 0 Å². The Bertz CT molecular complexity index is 295. The molecule has 88 valence electrons. The second kappa shape index (κ2) is 8.03. The molecule has 0 atom stereocenters. The maximum Gasteiger partial charge on any atom is 0.137 e. The number of pyridine rings is 1. The average molecular weight is 219 g/mol. The van der Waals surface area contributed by atoms with E-state index in [9.17, 15) is 4.79 Å². The van der Waals surface area contributed by atoms with Crippen LogP contribution in [0.4, 0.5) is 0 Å². The highest BCUT2D eigenvalue weighted by atomic mass is 16.1. The second-order valence-corrected chi connectivity index (χ2v) is 4.24. The Kier molecular flexibility index (Phi) is 6.47. The standard InChI is InChI=1S/C14H21NO/c1-2-3-4-5-6-9-14(16)11-13-8-7-10-15-12-13/h7-8,10,12H,2-6,9,11H2,1H3. The summed E-state index contributed by atoms with van der Waals surface area (Å²) in [5.41, 5.74) is 1.03. The third-order valence-corrected chi connectivity index (χ3v) is 2.68. The highest BCUT2D eigenvalue weighted by molar-refractivity contribution is 5.80. The third kappa shape index (κ3) is 5.64. The van der Waals surface area contributed by atoms with Crippen molar-refractivity contribution >= 4 is 5.78 Å². The molecule has 0 N–H and O–H groups in total. The van der Waals surface area contributed by atoms with Crippen LogP contribution in [-0.2, 0) is 11.2 Å². The number of Topliss-reactive ketones (excluding diaryl/α,β-unsaturated/α-hetero) is 1. The third-order valence-electron chi connectivity index (χ3n) is 2.68. The first kappa shape index (κ1) is 12.9. The first-order valence-corrected chi connectivity index (χ1v) is 6.23. The summed E-state index contributed by atoms with van der Waals surface area (Å²) in [6.07, 6.45) is 10.8. The van der Waals surface area contributed by atoms with Gasteiger partial charge in [-0.1, -0.05) is 38.7 Å². The molecule has 0 saturated heterocycles. The smallest absolute Gasteiger partial charge is 0.137 e. The summed E-state index contributed by atoms with van der Waals surface area (Å²) in [5, 5.41) is 0. The Morgan fingerprint density at radius 3 is 2.75 bits per heavy atom. The Labute approximate surface area is 98.1 Å². The van der Waals surface area contributed by atoms with Crippen LogP contribution >= 0.6 is 0 Å². The van der Waals surface area contributed by atoms with E-state index < -0.39 is 0 Å². The van der Waals surface area contributed by atoms with Crippen molar-refractivity contribution in [3.63, 3.8) is 0 Å². The van der Waals surface area contributed by atoms with Crippen LogP contribution in [-0.4, -0.2) is 10.8 Å². The predicted octanol–water partition coefficient (Wildman–Crippen LogP) is 3.55. The lowest BCUT2D eigenvalue weighted by atomic mass is 10.0. The van der Waals surface area contributed by atoms with Crippen molar-refractivity contribution in [2.45, 2.75) is 51.9 Å². The van der Waals surface area contributed by atoms with Gasteiger partial charge < -0.3 is 0 Å². The fraction of sp³-hybridized carbons (Fsp3) is 0.571. The molecule has 16 heavy (non-hydrogen) atoms. The number of carbonyl (C=O) groups excluding carboxylic acids is 1. The molecule has 0 amide bonds. The van der Waals surface area contributed by atoms with Gasteiger partial charge in [0.15, 0.2) is 0 Å². The molecule has 0 fully saturated rings. The molecule has 0 aliphatic carbocycles. The topological polar surface area (TPSA) is 30.0 Å². The SMILES string of the molecule is CCCCCCCC(=O)Cc1cccnc1. The fourth-order valence-electron chi connectivity index (χ4n) is 1.74. The van der Waals surface area contributed by atoms with E-state index in [2.05, 4.69) is 11.9 Å². The van der Waals surface area contributed by atoms with Crippen LogP contribution in [0.15, 0.2) is 24.5 Å². The van der Waals surface area contributed by atoms with Gasteiger partial charge in [0.25, 0.3) is 0 Å². The monoisotopic (exact) mass is 219 g/mol. The number of hydrogen-bond donors (Lipinski definition) is 0. The minimum Gasteiger partial charge on any atom is -0.299 e. The molecule has 0 spiro atoms. The van der Waals surface area contributed by atoms with Gasteiger partial charge in [-0.3, -0.25) is 9.78 Å². The zero-order valence-electron chi connectivity index (χ0n) is 10.1. The van der Waals surface area contributed by atoms with Crippen molar-refractivity contribution in [1.82, 2.24) is 4.98 Å². The quantitative estimate of drug-likeness (QED) is 0.626. The van der Waals surface area contributed by atoms with Crippen molar-refractivity contribution in [3.05, 3.63) is 30.1 Å². The summed E-state index contributed by atoms with van der Waals surface area (Å²) in [7, 11) is 0. The number of aromatic nitrogens is 1. The van der Waals surface area contributed by atoms with Crippen LogP contribution < -0.4 is 0 Å². The van der Waals surface area contributed by atoms with Crippen molar-refractivity contribution in [3.8, 4) is 0 Å². The van der Waals surface area contributed by atoms with Gasteiger partial charge in [-0.25, -0.2) is 0 Å². The molecule has 0 unspecified atom stereocenters. The van der Waals surface area contributed by atoms with E-state index in [0.717, 1.165) is 18.4 Å². The zero-order valence-corrected chi connectivity index (χ0v) is 10.1. The summed E-state index contributed by atoms with van der Waals surface area (Å²) in [6, 6.07) is 3.84. The molecule has 1 heterocycles. The van der Waals surface area contributed by atoms with Crippen molar-refractivity contribution in [1.29, 1.82) is 0 Å². The van der Waals surface area contributed by atoms with Crippen molar-refractivity contribution in [2.75, 3.05) is 0 Å². The summed E-state index contributed by atoms with van der Waals surface area (Å²) in [4.78, 5) is 15.6. The molecular weight excluding hydrogens is 198 g/mol. The van der Waals surface area contributed by atoms with E-state index in [1.54, 1.807) is 12.4 Å². The van der Waals surface area contributed by atoms with E-state index in [-0.39, 0.29) is 0 Å². The number of hydrogen-bond acceptors (Lipinski definition) is 2. The first-order valence-electron chi connectivity index (χ1n) is 6.23. The zero-order chi connectivity index (χ0) is 11.6. The maximum absolute atomic E-state index is 11.6. The minimum atomic E-state index is 0.337. The van der Waals surface area contributed by atoms with E-state index in [1.165, 1.54) is 25.7 Å². The molecule has 0 radical (unpaired) electrons. The first-order chi connectivity index (χ1) is 7.83. The largest absolute Gasteiger partial charge is 0.299 e. The molecule has 1 aromatic heterocycles. The lowest BCUT2D eigenvalue weighted by Crippen LogP contribution is -2.02. The van der Waals surface area contributed by atoms with Gasteiger partial charge in [0.2, 0.25) is 0 Å². The van der Waals surface area contributed by atoms with Crippen LogP contribution in [0.3, 0.4) is 0 Å². The normalized spacial score (nSPS) is 10.3. The molecule has 0 saturated carbocycles. The molecule has 1 rings (SSSR count). The van der Waals surface area contributed by atoms with Gasteiger partial charge in [-0.05, 0) is 18.1 Å². The number of ketones is 1. The number of carbonyl (C=O) groups is 1. The van der Waals surface area contributed by atoms with Crippen molar-refractivity contribution in [2.24, 2.45) is 0 Å². The molecule has 2 nitrogen and oxygen atoms in total. The van der Waals surface area contributed by atoms with Gasteiger partial charge in [0.1, 0.15) is 5.78 Å². The number of unbranched alkanes of at least 4 members (excludes halogenated alkanes) is 4. The Morgan fingerprint density at radius 2 is 2.06 bits per heavy atom. The van der Waals surface area contributed by atoms with Gasteiger partial charge in [-0.2, -0.15) is 0 Å². The van der Waals surface area contributed by atoms with E-state index in [1.807, 2.05) is 12.1 Å². The molecule has 2 heteroatoms. The highest BCUT2D eigenvalue weighted by Gasteiger charge is 2.03. The molecule has 0 aliphatic heterocycles. The predicted molar refractivity (Wildman–Crippen MR) is 66.3 cm³/mol. The van der Waals surface area contributed by atoms with Crippen LogP contribution in [0, 0.1) is 0 Å². The van der Waals surface area contributed by atoms with Gasteiger partial charge in [0.05, 0.1) is 0 Å². The fourth-order valence-corrected chi connectivity index (χ4v) is 1.74. The maximum atomic E-state index is 11.6. The van der Waals surface area contributed by atoms with E-state index in [0.29, 0.717) is 12.2 Å². The number of nitrogens with zero attached hydrogens (tertiary/aromatic N) is 1. The van der Waals surface area contributed by atoms with E-state index in [4.69, 9.17) is 0 Å². The van der Waals surface area contributed by atoms with Crippen LogP contribution in [0.5, 0.6) is 0 Å². The van der Waals surface area contributed by atoms with Crippen LogP contribution in [0.2, 0.25) is 0 Å². The van der Waals surface area contributed by atoms with Crippen LogP contribution in [0.25, 0.3) is 0 Å². The Hall–Kier alpha value is -1.18. The summed E-state index contributed by atoms with van der Waals surface area (Å²) < 4.78 is 0. The molecular formula is C14H21NO. The van der Waals surface area contributed by atoms with Gasteiger partial charge in [-0.15, -0.1) is 0 Å². The summed E-state index contributed by atoms with van der Waals surface area (Å²) in [5.74, 6) is 0.337. The summed E-state index contributed by atoms with van der Waals surface area (Å²) >= 11 is 0. The second-order valence-electron chi connectivity index (χ2n) is 4.24. The molecule has 0 bridgehead atoms. The molecule has 0 aromatic carbocycles. The lowest BCUT2D eigenvalue weighted by molar-refractivity contribution is -0.118. The summed E-state index contributed by atoms with van der Waals surface area (Å²) in [6.45, 7) is 2.20. The molecule has 0 aliphatic rings.